The monoisotopic (exact) mass is 685 g/mol. The molecule has 0 saturated carbocycles. The number of carbonyl (C=O) groups is 2. The number of urea groups is 1. The maximum Gasteiger partial charge on any atom is 0.337 e. The molecule has 5 rings (SSSR count). The van der Waals surface area contributed by atoms with Crippen LogP contribution in [0.3, 0.4) is 0 Å². The highest BCUT2D eigenvalue weighted by Crippen LogP contribution is 2.35. The SMILES string of the molecule is CCOc1cc([C@@H]2NC(=O)NC(C)=C2C(=O)OC)ccc1OC[C@H](O)N/N=C/c1cc(C)n(-c2ccc(OCc3ccccc3F)cc2)c1C. The number of hydrazone groups is 1. The Morgan fingerprint density at radius 2 is 1.80 bits per heavy atom. The number of methoxy groups -OCH3 is 1. The molecule has 1 aromatic heterocycles. The minimum absolute atomic E-state index is 0.133. The van der Waals surface area contributed by atoms with E-state index in [1.54, 1.807) is 49.5 Å². The van der Waals surface area contributed by atoms with Gasteiger partial charge in [0.05, 0.1) is 31.5 Å². The summed E-state index contributed by atoms with van der Waals surface area (Å²) in [5.41, 5.74) is 8.09. The lowest BCUT2D eigenvalue weighted by Crippen LogP contribution is -2.45. The number of amides is 2. The van der Waals surface area contributed by atoms with E-state index in [0.717, 1.165) is 22.6 Å². The number of nitrogens with zero attached hydrogens (tertiary/aromatic N) is 2. The average Bonchev–Trinajstić information content (AvgIpc) is 3.38. The van der Waals surface area contributed by atoms with Crippen LogP contribution in [0.1, 0.15) is 48.0 Å². The second-order valence-corrected chi connectivity index (χ2v) is 11.5. The first-order valence-electron chi connectivity index (χ1n) is 16.0. The number of hydrogen-bond acceptors (Lipinski definition) is 9. The van der Waals surface area contributed by atoms with E-state index in [4.69, 9.17) is 18.9 Å². The largest absolute Gasteiger partial charge is 0.490 e. The highest BCUT2D eigenvalue weighted by molar-refractivity contribution is 5.95. The molecule has 0 fully saturated rings. The normalized spacial score (nSPS) is 14.9. The first-order valence-corrected chi connectivity index (χ1v) is 16.0. The maximum atomic E-state index is 13.9. The number of halogens is 1. The van der Waals surface area contributed by atoms with Crippen molar-refractivity contribution in [2.45, 2.75) is 46.6 Å². The van der Waals surface area contributed by atoms with Gasteiger partial charge in [0.25, 0.3) is 0 Å². The van der Waals surface area contributed by atoms with Gasteiger partial charge >= 0.3 is 12.0 Å². The summed E-state index contributed by atoms with van der Waals surface area (Å²) < 4.78 is 38.3. The number of aromatic nitrogens is 1. The molecule has 50 heavy (non-hydrogen) atoms. The Labute approximate surface area is 289 Å². The fraction of sp³-hybridized carbons (Fsp3) is 0.270. The number of allylic oxidation sites excluding steroid dienone is 1. The minimum Gasteiger partial charge on any atom is -0.490 e. The zero-order chi connectivity index (χ0) is 35.8. The van der Waals surface area contributed by atoms with Crippen LogP contribution in [-0.4, -0.2) is 54.4 Å². The van der Waals surface area contributed by atoms with E-state index in [-0.39, 0.29) is 24.6 Å². The lowest BCUT2D eigenvalue weighted by Gasteiger charge is -2.28. The number of aliphatic hydroxyl groups excluding tert-OH is 1. The van der Waals surface area contributed by atoms with Crippen LogP contribution in [0.25, 0.3) is 5.69 Å². The van der Waals surface area contributed by atoms with Gasteiger partial charge in [0.2, 0.25) is 0 Å². The summed E-state index contributed by atoms with van der Waals surface area (Å²) >= 11 is 0. The molecule has 1 aliphatic heterocycles. The number of nitrogens with one attached hydrogen (secondary N) is 3. The van der Waals surface area contributed by atoms with Gasteiger partial charge in [-0.05, 0) is 81.8 Å². The van der Waals surface area contributed by atoms with Gasteiger partial charge < -0.3 is 39.3 Å². The van der Waals surface area contributed by atoms with Crippen molar-refractivity contribution in [2.24, 2.45) is 5.10 Å². The van der Waals surface area contributed by atoms with Gasteiger partial charge in [0.15, 0.2) is 17.7 Å². The van der Waals surface area contributed by atoms with Gasteiger partial charge in [-0.15, -0.1) is 0 Å². The van der Waals surface area contributed by atoms with Crippen LogP contribution in [0.2, 0.25) is 0 Å². The molecule has 0 aliphatic carbocycles. The van der Waals surface area contributed by atoms with Gasteiger partial charge in [-0.25, -0.2) is 14.0 Å². The van der Waals surface area contributed by atoms with Crippen LogP contribution in [0.4, 0.5) is 9.18 Å². The standard InChI is InChI=1S/C37H40FN5O7/c1-6-48-32-18-25(35-34(36(45)47-5)23(3)40-37(46)41-35)11-16-31(32)50-21-33(44)42-39-19-27-17-22(2)43(24(27)4)28-12-14-29(15-13-28)49-20-26-9-7-8-10-30(26)38/h7-19,33,35,42,44H,6,20-21H2,1-5H3,(H2,40,41,46)/b39-19+/t33-,35-/m0/s1. The van der Waals surface area contributed by atoms with E-state index in [1.165, 1.54) is 13.2 Å². The second-order valence-electron chi connectivity index (χ2n) is 11.5. The van der Waals surface area contributed by atoms with Gasteiger partial charge in [-0.1, -0.05) is 24.3 Å². The molecule has 2 atom stereocenters. The highest BCUT2D eigenvalue weighted by atomic mass is 19.1. The van der Waals surface area contributed by atoms with E-state index in [9.17, 15) is 19.1 Å². The van der Waals surface area contributed by atoms with E-state index in [0.29, 0.717) is 40.7 Å². The summed E-state index contributed by atoms with van der Waals surface area (Å²) in [6.07, 6.45) is 0.469. The van der Waals surface area contributed by atoms with Crippen molar-refractivity contribution in [1.82, 2.24) is 20.6 Å². The number of aryl methyl sites for hydroxylation is 1. The summed E-state index contributed by atoms with van der Waals surface area (Å²) in [6, 6.07) is 19.8. The average molecular weight is 686 g/mol. The van der Waals surface area contributed by atoms with Crippen molar-refractivity contribution in [3.63, 3.8) is 0 Å². The molecule has 4 aromatic rings. The molecule has 2 heterocycles. The number of aliphatic hydroxyl groups is 1. The summed E-state index contributed by atoms with van der Waals surface area (Å²) in [5, 5.41) is 20.1. The predicted octanol–water partition coefficient (Wildman–Crippen LogP) is 5.33. The van der Waals surface area contributed by atoms with Crippen LogP contribution < -0.4 is 30.3 Å². The Kier molecular flexibility index (Phi) is 11.4. The quantitative estimate of drug-likeness (QED) is 0.0604. The van der Waals surface area contributed by atoms with Gasteiger partial charge in [-0.2, -0.15) is 5.10 Å². The van der Waals surface area contributed by atoms with Crippen LogP contribution in [0, 0.1) is 19.7 Å². The molecular formula is C37H40FN5O7. The first kappa shape index (κ1) is 35.5. The molecule has 0 saturated heterocycles. The third kappa shape index (κ3) is 8.24. The van der Waals surface area contributed by atoms with E-state index in [2.05, 4.69) is 25.7 Å². The number of esters is 1. The fourth-order valence-electron chi connectivity index (χ4n) is 5.60. The molecule has 0 spiro atoms. The molecule has 262 valence electrons. The topological polar surface area (TPSA) is 145 Å². The third-order valence-electron chi connectivity index (χ3n) is 8.02. The van der Waals surface area contributed by atoms with E-state index < -0.39 is 24.3 Å². The Bertz CT molecular complexity index is 1900. The summed E-state index contributed by atoms with van der Waals surface area (Å²) in [4.78, 5) is 24.7. The molecule has 3 aromatic carbocycles. The third-order valence-corrected chi connectivity index (χ3v) is 8.02. The molecule has 0 radical (unpaired) electrons. The van der Waals surface area contributed by atoms with Gasteiger partial charge in [0, 0.05) is 33.9 Å². The molecule has 1 aliphatic rings. The van der Waals surface area contributed by atoms with Crippen molar-refractivity contribution < 1.29 is 38.0 Å². The number of benzene rings is 3. The fourth-order valence-corrected chi connectivity index (χ4v) is 5.60. The Hall–Kier alpha value is -5.82. The van der Waals surface area contributed by atoms with Crippen molar-refractivity contribution in [3.8, 4) is 22.9 Å². The number of ether oxygens (including phenoxy) is 4. The van der Waals surface area contributed by atoms with Crippen LogP contribution in [0.15, 0.2) is 89.2 Å². The second kappa shape index (κ2) is 16.1. The molecule has 2 amide bonds. The van der Waals surface area contributed by atoms with Gasteiger partial charge in [0.1, 0.15) is 24.8 Å². The lowest BCUT2D eigenvalue weighted by atomic mass is 9.95. The molecular weight excluding hydrogens is 645 g/mol. The Balaban J connectivity index is 1.20. The van der Waals surface area contributed by atoms with Crippen LogP contribution >= 0.6 is 0 Å². The zero-order valence-electron chi connectivity index (χ0n) is 28.5. The van der Waals surface area contributed by atoms with Crippen molar-refractivity contribution >= 4 is 18.2 Å². The number of carbonyl (C=O) groups excluding carboxylic acids is 2. The summed E-state index contributed by atoms with van der Waals surface area (Å²) in [5.74, 6) is 0.472. The Morgan fingerprint density at radius 1 is 1.04 bits per heavy atom. The first-order chi connectivity index (χ1) is 24.1. The zero-order valence-corrected chi connectivity index (χ0v) is 28.5. The summed E-state index contributed by atoms with van der Waals surface area (Å²) in [7, 11) is 1.27. The van der Waals surface area contributed by atoms with Gasteiger partial charge in [-0.3, -0.25) is 5.43 Å². The Morgan fingerprint density at radius 3 is 2.52 bits per heavy atom. The van der Waals surface area contributed by atoms with Crippen molar-refractivity contribution in [2.75, 3.05) is 20.3 Å². The molecule has 0 unspecified atom stereocenters. The van der Waals surface area contributed by atoms with Crippen LogP contribution in [0.5, 0.6) is 17.2 Å². The number of hydrogen-bond donors (Lipinski definition) is 4. The smallest absolute Gasteiger partial charge is 0.337 e. The van der Waals surface area contributed by atoms with E-state index in [1.807, 2.05) is 51.1 Å². The van der Waals surface area contributed by atoms with Crippen molar-refractivity contribution in [3.05, 3.63) is 118 Å². The molecule has 13 heteroatoms. The van der Waals surface area contributed by atoms with Crippen molar-refractivity contribution in [1.29, 1.82) is 0 Å². The van der Waals surface area contributed by atoms with Crippen LogP contribution in [-0.2, 0) is 16.1 Å². The lowest BCUT2D eigenvalue weighted by molar-refractivity contribution is -0.136. The molecule has 12 nitrogen and oxygen atoms in total. The highest BCUT2D eigenvalue weighted by Gasteiger charge is 2.32. The predicted molar refractivity (Wildman–Crippen MR) is 185 cm³/mol. The number of rotatable bonds is 14. The molecule has 0 bridgehead atoms. The van der Waals surface area contributed by atoms with E-state index >= 15 is 0 Å². The minimum atomic E-state index is -1.15. The summed E-state index contributed by atoms with van der Waals surface area (Å²) in [6.45, 7) is 7.70. The maximum absolute atomic E-state index is 13.9. The molecule has 4 N–H and O–H groups in total.